The number of H-pyrrole nitrogens is 1. The first kappa shape index (κ1) is 16.1. The molecular weight excluding hydrogens is 327 g/mol. The minimum Gasteiger partial charge on any atom is -0.494 e. The zero-order valence-electron chi connectivity index (χ0n) is 13.2. The van der Waals surface area contributed by atoms with Gasteiger partial charge in [-0.1, -0.05) is 29.8 Å². The van der Waals surface area contributed by atoms with Crippen molar-refractivity contribution in [2.24, 2.45) is 5.10 Å². The molecule has 3 aromatic rings. The molecule has 0 atom stereocenters. The number of rotatable bonds is 4. The zero-order chi connectivity index (χ0) is 17.1. The highest BCUT2D eigenvalue weighted by atomic mass is 32.1. The van der Waals surface area contributed by atoms with Crippen molar-refractivity contribution in [3.63, 3.8) is 0 Å². The largest absolute Gasteiger partial charge is 0.494 e. The highest BCUT2D eigenvalue weighted by Crippen LogP contribution is 2.19. The Hall–Kier alpha value is -2.80. The number of halogens is 1. The highest BCUT2D eigenvalue weighted by molar-refractivity contribution is 7.71. The summed E-state index contributed by atoms with van der Waals surface area (Å²) in [5.41, 5.74) is 2.62. The second-order valence-corrected chi connectivity index (χ2v) is 5.56. The van der Waals surface area contributed by atoms with Gasteiger partial charge in [0.1, 0.15) is 0 Å². The summed E-state index contributed by atoms with van der Waals surface area (Å²) >= 11 is 5.22. The third kappa shape index (κ3) is 3.26. The summed E-state index contributed by atoms with van der Waals surface area (Å²) < 4.78 is 20.5. The van der Waals surface area contributed by atoms with Crippen molar-refractivity contribution < 1.29 is 9.13 Å². The first-order chi connectivity index (χ1) is 11.6. The van der Waals surface area contributed by atoms with E-state index >= 15 is 0 Å². The van der Waals surface area contributed by atoms with Gasteiger partial charge in [0.05, 0.1) is 13.3 Å². The molecule has 0 aliphatic heterocycles. The van der Waals surface area contributed by atoms with Gasteiger partial charge < -0.3 is 4.74 Å². The molecule has 0 fully saturated rings. The van der Waals surface area contributed by atoms with Crippen molar-refractivity contribution in [3.8, 4) is 17.1 Å². The molecule has 1 aromatic heterocycles. The lowest BCUT2D eigenvalue weighted by Crippen LogP contribution is -1.96. The molecule has 24 heavy (non-hydrogen) atoms. The molecule has 5 nitrogen and oxygen atoms in total. The van der Waals surface area contributed by atoms with Crippen molar-refractivity contribution >= 4 is 18.4 Å². The second-order valence-electron chi connectivity index (χ2n) is 5.17. The van der Waals surface area contributed by atoms with E-state index in [0.717, 1.165) is 11.1 Å². The number of hydrogen-bond donors (Lipinski definition) is 1. The molecule has 0 saturated carbocycles. The smallest absolute Gasteiger partial charge is 0.216 e. The predicted octanol–water partition coefficient (Wildman–Crippen LogP) is 3.95. The number of aromatic amines is 1. The standard InChI is InChI=1S/C17H15FN4OS/c1-11-3-6-13(7-4-11)16-20-21-17(24)22(16)19-10-12-5-8-15(23-2)14(18)9-12/h3-10H,1-2H3,(H,21,24)/b19-10-. The number of benzene rings is 2. The van der Waals surface area contributed by atoms with Crippen LogP contribution in [-0.2, 0) is 0 Å². The van der Waals surface area contributed by atoms with Gasteiger partial charge >= 0.3 is 0 Å². The zero-order valence-corrected chi connectivity index (χ0v) is 14.0. The lowest BCUT2D eigenvalue weighted by atomic mass is 10.1. The maximum absolute atomic E-state index is 13.7. The van der Waals surface area contributed by atoms with Crippen LogP contribution in [0.3, 0.4) is 0 Å². The molecule has 0 radical (unpaired) electrons. The van der Waals surface area contributed by atoms with Gasteiger partial charge in [-0.05, 0) is 42.9 Å². The van der Waals surface area contributed by atoms with Gasteiger partial charge in [-0.2, -0.15) is 14.9 Å². The molecule has 1 heterocycles. The minimum atomic E-state index is -0.448. The Morgan fingerprint density at radius 2 is 2.00 bits per heavy atom. The van der Waals surface area contributed by atoms with Gasteiger partial charge in [0.15, 0.2) is 17.4 Å². The Morgan fingerprint density at radius 1 is 1.25 bits per heavy atom. The van der Waals surface area contributed by atoms with E-state index in [1.165, 1.54) is 24.1 Å². The predicted molar refractivity (Wildman–Crippen MR) is 93.5 cm³/mol. The van der Waals surface area contributed by atoms with Crippen molar-refractivity contribution in [2.45, 2.75) is 6.92 Å². The van der Waals surface area contributed by atoms with E-state index in [1.54, 1.807) is 12.1 Å². The fourth-order valence-electron chi connectivity index (χ4n) is 2.18. The van der Waals surface area contributed by atoms with E-state index in [-0.39, 0.29) is 5.75 Å². The molecule has 0 spiro atoms. The van der Waals surface area contributed by atoms with Crippen LogP contribution in [0.5, 0.6) is 5.75 Å². The monoisotopic (exact) mass is 342 g/mol. The Balaban J connectivity index is 1.96. The average molecular weight is 342 g/mol. The summed E-state index contributed by atoms with van der Waals surface area (Å²) in [5, 5.41) is 11.3. The number of aryl methyl sites for hydroxylation is 1. The Morgan fingerprint density at radius 3 is 2.67 bits per heavy atom. The van der Waals surface area contributed by atoms with E-state index in [4.69, 9.17) is 17.0 Å². The number of nitrogens with zero attached hydrogens (tertiary/aromatic N) is 3. The Kier molecular flexibility index (Phi) is 4.52. The number of hydrogen-bond acceptors (Lipinski definition) is 4. The third-order valence-electron chi connectivity index (χ3n) is 3.46. The van der Waals surface area contributed by atoms with Gasteiger partial charge in [-0.25, -0.2) is 9.49 Å². The van der Waals surface area contributed by atoms with Crippen LogP contribution < -0.4 is 4.74 Å². The molecular formula is C17H15FN4OS. The van der Waals surface area contributed by atoms with Gasteiger partial charge in [0.2, 0.25) is 4.77 Å². The Labute approximate surface area is 143 Å². The van der Waals surface area contributed by atoms with Crippen LogP contribution in [0.1, 0.15) is 11.1 Å². The van der Waals surface area contributed by atoms with Crippen LogP contribution in [0, 0.1) is 17.5 Å². The molecule has 122 valence electrons. The molecule has 0 amide bonds. The molecule has 7 heteroatoms. The molecule has 0 bridgehead atoms. The van der Waals surface area contributed by atoms with E-state index < -0.39 is 5.82 Å². The summed E-state index contributed by atoms with van der Waals surface area (Å²) in [4.78, 5) is 0. The molecule has 1 N–H and O–H groups in total. The molecule has 0 unspecified atom stereocenters. The summed E-state index contributed by atoms with van der Waals surface area (Å²) in [7, 11) is 1.42. The SMILES string of the molecule is COc1ccc(/C=N\n2c(-c3ccc(C)cc3)n[nH]c2=S)cc1F. The van der Waals surface area contributed by atoms with Gasteiger partial charge in [0, 0.05) is 5.56 Å². The number of methoxy groups -OCH3 is 1. The number of aromatic nitrogens is 3. The van der Waals surface area contributed by atoms with E-state index in [9.17, 15) is 4.39 Å². The van der Waals surface area contributed by atoms with Crippen LogP contribution >= 0.6 is 12.2 Å². The maximum Gasteiger partial charge on any atom is 0.216 e. The van der Waals surface area contributed by atoms with E-state index in [2.05, 4.69) is 15.3 Å². The number of nitrogens with one attached hydrogen (secondary N) is 1. The summed E-state index contributed by atoms with van der Waals surface area (Å²) in [6.45, 7) is 2.01. The molecule has 3 rings (SSSR count). The number of ether oxygens (including phenoxy) is 1. The summed E-state index contributed by atoms with van der Waals surface area (Å²) in [5.74, 6) is 0.327. The highest BCUT2D eigenvalue weighted by Gasteiger charge is 2.08. The fourth-order valence-corrected chi connectivity index (χ4v) is 2.35. The van der Waals surface area contributed by atoms with Gasteiger partial charge in [-0.3, -0.25) is 0 Å². The topological polar surface area (TPSA) is 55.2 Å². The molecule has 0 saturated heterocycles. The first-order valence-electron chi connectivity index (χ1n) is 7.21. The maximum atomic E-state index is 13.7. The van der Waals surface area contributed by atoms with Crippen molar-refractivity contribution in [2.75, 3.05) is 7.11 Å². The lowest BCUT2D eigenvalue weighted by molar-refractivity contribution is 0.386. The average Bonchev–Trinajstić information content (AvgIpc) is 2.94. The molecule has 0 aliphatic rings. The second kappa shape index (κ2) is 6.76. The van der Waals surface area contributed by atoms with Crippen molar-refractivity contribution in [1.29, 1.82) is 0 Å². The fraction of sp³-hybridized carbons (Fsp3) is 0.118. The minimum absolute atomic E-state index is 0.187. The van der Waals surface area contributed by atoms with Crippen LogP contribution in [0.4, 0.5) is 4.39 Å². The summed E-state index contributed by atoms with van der Waals surface area (Å²) in [6, 6.07) is 12.5. The van der Waals surface area contributed by atoms with Crippen molar-refractivity contribution in [3.05, 3.63) is 64.2 Å². The lowest BCUT2D eigenvalue weighted by Gasteiger charge is -2.03. The van der Waals surface area contributed by atoms with E-state index in [1.807, 2.05) is 31.2 Å². The van der Waals surface area contributed by atoms with Gasteiger partial charge in [0.25, 0.3) is 0 Å². The van der Waals surface area contributed by atoms with Crippen LogP contribution in [0.25, 0.3) is 11.4 Å². The third-order valence-corrected chi connectivity index (χ3v) is 3.72. The Bertz CT molecular complexity index is 944. The van der Waals surface area contributed by atoms with Crippen LogP contribution in [0.2, 0.25) is 0 Å². The van der Waals surface area contributed by atoms with Crippen molar-refractivity contribution in [1.82, 2.24) is 14.9 Å². The van der Waals surface area contributed by atoms with Gasteiger partial charge in [-0.15, -0.1) is 0 Å². The van der Waals surface area contributed by atoms with Crippen LogP contribution in [0.15, 0.2) is 47.6 Å². The normalized spacial score (nSPS) is 11.1. The molecule has 2 aromatic carbocycles. The van der Waals surface area contributed by atoms with Crippen LogP contribution in [-0.4, -0.2) is 28.2 Å². The quantitative estimate of drug-likeness (QED) is 0.577. The first-order valence-corrected chi connectivity index (χ1v) is 7.61. The molecule has 0 aliphatic carbocycles. The van der Waals surface area contributed by atoms with E-state index in [0.29, 0.717) is 16.2 Å². The summed E-state index contributed by atoms with van der Waals surface area (Å²) in [6.07, 6.45) is 1.52.